The molecule has 0 amide bonds. The summed E-state index contributed by atoms with van der Waals surface area (Å²) in [5.74, 6) is 0. The van der Waals surface area contributed by atoms with E-state index in [1.54, 1.807) is 0 Å². The summed E-state index contributed by atoms with van der Waals surface area (Å²) in [5.41, 5.74) is 10.3. The fourth-order valence-electron chi connectivity index (χ4n) is 2.33. The van der Waals surface area contributed by atoms with E-state index in [2.05, 4.69) is 47.1 Å². The van der Waals surface area contributed by atoms with E-state index < -0.39 is 0 Å². The number of nitrogens with two attached hydrogens (primary N) is 1. The lowest BCUT2D eigenvalue weighted by Gasteiger charge is -2.21. The SMILES string of the molecule is Cc1cc(Br)ccc1C(N)C1=CCCCC1. The van der Waals surface area contributed by atoms with E-state index in [4.69, 9.17) is 5.73 Å². The Kier molecular flexibility index (Phi) is 3.82. The molecule has 1 aromatic carbocycles. The van der Waals surface area contributed by atoms with E-state index in [0.717, 1.165) is 10.9 Å². The first-order valence-electron chi connectivity index (χ1n) is 5.89. The highest BCUT2D eigenvalue weighted by molar-refractivity contribution is 9.10. The minimum absolute atomic E-state index is 0.0911. The molecule has 0 bridgehead atoms. The van der Waals surface area contributed by atoms with E-state index >= 15 is 0 Å². The zero-order valence-corrected chi connectivity index (χ0v) is 11.3. The molecular weight excluding hydrogens is 262 g/mol. The molecule has 1 aromatic rings. The maximum Gasteiger partial charge on any atom is 0.0513 e. The van der Waals surface area contributed by atoms with Crippen LogP contribution in [0.4, 0.5) is 0 Å². The Hall–Kier alpha value is -0.600. The van der Waals surface area contributed by atoms with Crippen molar-refractivity contribution in [2.24, 2.45) is 5.73 Å². The fraction of sp³-hybridized carbons (Fsp3) is 0.429. The van der Waals surface area contributed by atoms with E-state index in [-0.39, 0.29) is 6.04 Å². The molecule has 2 rings (SSSR count). The molecule has 0 saturated carbocycles. The van der Waals surface area contributed by atoms with Crippen molar-refractivity contribution in [2.45, 2.75) is 38.6 Å². The van der Waals surface area contributed by atoms with Gasteiger partial charge < -0.3 is 5.73 Å². The molecule has 2 N–H and O–H groups in total. The maximum atomic E-state index is 6.34. The van der Waals surface area contributed by atoms with Gasteiger partial charge in [0.05, 0.1) is 6.04 Å². The highest BCUT2D eigenvalue weighted by atomic mass is 79.9. The molecule has 0 radical (unpaired) electrons. The molecule has 1 unspecified atom stereocenters. The molecule has 0 spiro atoms. The van der Waals surface area contributed by atoms with Crippen molar-refractivity contribution in [3.8, 4) is 0 Å². The van der Waals surface area contributed by atoms with Crippen LogP contribution in [-0.2, 0) is 0 Å². The van der Waals surface area contributed by atoms with Gasteiger partial charge in [0, 0.05) is 4.47 Å². The molecule has 0 heterocycles. The first kappa shape index (κ1) is 11.9. The van der Waals surface area contributed by atoms with Crippen LogP contribution in [0.3, 0.4) is 0 Å². The first-order chi connectivity index (χ1) is 7.68. The van der Waals surface area contributed by atoms with Crippen molar-refractivity contribution in [3.63, 3.8) is 0 Å². The predicted molar refractivity (Wildman–Crippen MR) is 72.4 cm³/mol. The zero-order chi connectivity index (χ0) is 11.5. The highest BCUT2D eigenvalue weighted by Crippen LogP contribution is 2.30. The van der Waals surface area contributed by atoms with Gasteiger partial charge in [0.15, 0.2) is 0 Å². The van der Waals surface area contributed by atoms with Crippen molar-refractivity contribution in [1.82, 2.24) is 0 Å². The number of aryl methyl sites for hydroxylation is 1. The summed E-state index contributed by atoms with van der Waals surface area (Å²) in [4.78, 5) is 0. The second kappa shape index (κ2) is 5.15. The molecule has 0 aromatic heterocycles. The van der Waals surface area contributed by atoms with Gasteiger partial charge in [0.1, 0.15) is 0 Å². The lowest BCUT2D eigenvalue weighted by Crippen LogP contribution is -2.16. The third-order valence-electron chi connectivity index (χ3n) is 3.29. The topological polar surface area (TPSA) is 26.0 Å². The number of allylic oxidation sites excluding steroid dienone is 1. The quantitative estimate of drug-likeness (QED) is 0.805. The van der Waals surface area contributed by atoms with Gasteiger partial charge in [0.25, 0.3) is 0 Å². The summed E-state index contributed by atoms with van der Waals surface area (Å²) in [6.07, 6.45) is 7.29. The fourth-order valence-corrected chi connectivity index (χ4v) is 2.81. The van der Waals surface area contributed by atoms with Gasteiger partial charge in [0.2, 0.25) is 0 Å². The third-order valence-corrected chi connectivity index (χ3v) is 3.79. The molecule has 0 fully saturated rings. The molecule has 86 valence electrons. The number of hydrogen-bond acceptors (Lipinski definition) is 1. The normalized spacial score (nSPS) is 18.1. The van der Waals surface area contributed by atoms with Crippen LogP contribution in [-0.4, -0.2) is 0 Å². The van der Waals surface area contributed by atoms with E-state index in [9.17, 15) is 0 Å². The number of hydrogen-bond donors (Lipinski definition) is 1. The Labute approximate surface area is 106 Å². The average molecular weight is 280 g/mol. The molecule has 1 nitrogen and oxygen atoms in total. The van der Waals surface area contributed by atoms with Crippen molar-refractivity contribution in [3.05, 3.63) is 45.4 Å². The molecule has 1 aliphatic carbocycles. The van der Waals surface area contributed by atoms with Crippen LogP contribution in [0.15, 0.2) is 34.3 Å². The van der Waals surface area contributed by atoms with Crippen LogP contribution in [0.5, 0.6) is 0 Å². The second-order valence-corrected chi connectivity index (χ2v) is 5.42. The molecule has 1 atom stereocenters. The zero-order valence-electron chi connectivity index (χ0n) is 9.67. The van der Waals surface area contributed by atoms with Gasteiger partial charge >= 0.3 is 0 Å². The van der Waals surface area contributed by atoms with Crippen LogP contribution >= 0.6 is 15.9 Å². The number of benzene rings is 1. The Morgan fingerprint density at radius 3 is 2.75 bits per heavy atom. The molecule has 16 heavy (non-hydrogen) atoms. The van der Waals surface area contributed by atoms with Gasteiger partial charge in [-0.3, -0.25) is 0 Å². The Morgan fingerprint density at radius 1 is 1.31 bits per heavy atom. The summed E-state index contributed by atoms with van der Waals surface area (Å²) in [6, 6.07) is 6.44. The molecular formula is C14H18BrN. The molecule has 0 saturated heterocycles. The van der Waals surface area contributed by atoms with Gasteiger partial charge in [-0.25, -0.2) is 0 Å². The van der Waals surface area contributed by atoms with Crippen molar-refractivity contribution >= 4 is 15.9 Å². The molecule has 2 heteroatoms. The standard InChI is InChI=1S/C14H18BrN/c1-10-9-12(15)7-8-13(10)14(16)11-5-3-2-4-6-11/h5,7-9,14H,2-4,6,16H2,1H3. The molecule has 0 aliphatic heterocycles. The van der Waals surface area contributed by atoms with E-state index in [1.165, 1.54) is 36.0 Å². The summed E-state index contributed by atoms with van der Waals surface area (Å²) in [7, 11) is 0. The van der Waals surface area contributed by atoms with Gasteiger partial charge in [-0.15, -0.1) is 0 Å². The second-order valence-electron chi connectivity index (χ2n) is 4.50. The smallest absolute Gasteiger partial charge is 0.0513 e. The average Bonchev–Trinajstić information content (AvgIpc) is 2.29. The van der Waals surface area contributed by atoms with Crippen LogP contribution in [0.2, 0.25) is 0 Å². The number of rotatable bonds is 2. The molecule has 1 aliphatic rings. The van der Waals surface area contributed by atoms with Crippen LogP contribution < -0.4 is 5.73 Å². The van der Waals surface area contributed by atoms with Gasteiger partial charge in [-0.05, 0) is 55.9 Å². The van der Waals surface area contributed by atoms with Gasteiger partial charge in [-0.1, -0.05) is 33.6 Å². The lowest BCUT2D eigenvalue weighted by molar-refractivity contribution is 0.647. The minimum atomic E-state index is 0.0911. The summed E-state index contributed by atoms with van der Waals surface area (Å²) in [5, 5.41) is 0. The van der Waals surface area contributed by atoms with Crippen molar-refractivity contribution in [1.29, 1.82) is 0 Å². The van der Waals surface area contributed by atoms with Crippen molar-refractivity contribution in [2.75, 3.05) is 0 Å². The Morgan fingerprint density at radius 2 is 2.12 bits per heavy atom. The monoisotopic (exact) mass is 279 g/mol. The predicted octanol–water partition coefficient (Wildman–Crippen LogP) is 4.26. The minimum Gasteiger partial charge on any atom is -0.321 e. The highest BCUT2D eigenvalue weighted by Gasteiger charge is 2.15. The van der Waals surface area contributed by atoms with E-state index in [0.29, 0.717) is 0 Å². The van der Waals surface area contributed by atoms with Gasteiger partial charge in [-0.2, -0.15) is 0 Å². The van der Waals surface area contributed by atoms with Crippen molar-refractivity contribution < 1.29 is 0 Å². The summed E-state index contributed by atoms with van der Waals surface area (Å²) < 4.78 is 1.12. The largest absolute Gasteiger partial charge is 0.321 e. The van der Waals surface area contributed by atoms with Crippen LogP contribution in [0, 0.1) is 6.92 Å². The Balaban J connectivity index is 2.26. The third kappa shape index (κ3) is 2.55. The van der Waals surface area contributed by atoms with E-state index in [1.807, 2.05) is 0 Å². The maximum absolute atomic E-state index is 6.34. The van der Waals surface area contributed by atoms with Crippen LogP contribution in [0.25, 0.3) is 0 Å². The Bertz CT molecular complexity index is 409. The number of halogens is 1. The lowest BCUT2D eigenvalue weighted by atomic mass is 9.89. The first-order valence-corrected chi connectivity index (χ1v) is 6.68. The summed E-state index contributed by atoms with van der Waals surface area (Å²) >= 11 is 3.49. The summed E-state index contributed by atoms with van der Waals surface area (Å²) in [6.45, 7) is 2.13. The van der Waals surface area contributed by atoms with Crippen LogP contribution in [0.1, 0.15) is 42.9 Å².